The van der Waals surface area contributed by atoms with E-state index < -0.39 is 10.0 Å². The zero-order chi connectivity index (χ0) is 16.4. The standard InChI is InChI=1S/C15H14N4O3S/c1-10-3-6-13(7-4-10)23(20,21)19-14-8-5-12(9-16-14)15-17-11(2)22-18-15/h3-9H,1-2H3,(H,16,19). The van der Waals surface area contributed by atoms with Crippen molar-refractivity contribution in [1.29, 1.82) is 0 Å². The first-order valence-electron chi connectivity index (χ1n) is 6.80. The normalized spacial score (nSPS) is 11.4. The molecule has 1 aromatic carbocycles. The van der Waals surface area contributed by atoms with Crippen molar-refractivity contribution in [2.75, 3.05) is 4.72 Å². The van der Waals surface area contributed by atoms with Crippen LogP contribution in [0.3, 0.4) is 0 Å². The van der Waals surface area contributed by atoms with Crippen LogP contribution < -0.4 is 4.72 Å². The van der Waals surface area contributed by atoms with Gasteiger partial charge in [0.05, 0.1) is 4.90 Å². The number of aromatic nitrogens is 3. The average Bonchev–Trinajstić information content (AvgIpc) is 2.95. The van der Waals surface area contributed by atoms with Crippen molar-refractivity contribution in [2.24, 2.45) is 0 Å². The summed E-state index contributed by atoms with van der Waals surface area (Å²) in [6.45, 7) is 3.58. The average molecular weight is 330 g/mol. The van der Waals surface area contributed by atoms with Crippen LogP contribution in [0.2, 0.25) is 0 Å². The molecule has 0 fully saturated rings. The van der Waals surface area contributed by atoms with Crippen LogP contribution in [0, 0.1) is 13.8 Å². The molecule has 0 unspecified atom stereocenters. The highest BCUT2D eigenvalue weighted by atomic mass is 32.2. The second kappa shape index (κ2) is 5.81. The minimum atomic E-state index is -3.67. The molecule has 7 nitrogen and oxygen atoms in total. The second-order valence-electron chi connectivity index (χ2n) is 4.99. The van der Waals surface area contributed by atoms with E-state index in [9.17, 15) is 8.42 Å². The molecule has 2 aromatic heterocycles. The summed E-state index contributed by atoms with van der Waals surface area (Å²) in [7, 11) is -3.67. The van der Waals surface area contributed by atoms with Crippen LogP contribution in [0.25, 0.3) is 11.4 Å². The number of anilines is 1. The van der Waals surface area contributed by atoms with Gasteiger partial charge in [0.25, 0.3) is 10.0 Å². The van der Waals surface area contributed by atoms with Gasteiger partial charge in [0.15, 0.2) is 0 Å². The first-order chi connectivity index (χ1) is 10.9. The molecule has 8 heteroatoms. The SMILES string of the molecule is Cc1ccc(S(=O)(=O)Nc2ccc(-c3noc(C)n3)cn2)cc1. The zero-order valence-electron chi connectivity index (χ0n) is 12.5. The summed E-state index contributed by atoms with van der Waals surface area (Å²) < 4.78 is 31.9. The number of nitrogens with one attached hydrogen (secondary N) is 1. The van der Waals surface area contributed by atoms with E-state index in [1.807, 2.05) is 6.92 Å². The highest BCUT2D eigenvalue weighted by Crippen LogP contribution is 2.19. The number of sulfonamides is 1. The monoisotopic (exact) mass is 330 g/mol. The fraction of sp³-hybridized carbons (Fsp3) is 0.133. The van der Waals surface area contributed by atoms with Crippen LogP contribution in [-0.4, -0.2) is 23.5 Å². The van der Waals surface area contributed by atoms with E-state index in [2.05, 4.69) is 19.8 Å². The molecule has 118 valence electrons. The Hall–Kier alpha value is -2.74. The Bertz CT molecular complexity index is 916. The largest absolute Gasteiger partial charge is 0.339 e. The molecule has 0 radical (unpaired) electrons. The van der Waals surface area contributed by atoms with Crippen molar-refractivity contribution in [3.05, 3.63) is 54.0 Å². The Balaban J connectivity index is 1.81. The zero-order valence-corrected chi connectivity index (χ0v) is 13.3. The number of benzene rings is 1. The molecule has 23 heavy (non-hydrogen) atoms. The van der Waals surface area contributed by atoms with E-state index in [-0.39, 0.29) is 10.7 Å². The summed E-state index contributed by atoms with van der Waals surface area (Å²) in [5.74, 6) is 1.07. The molecule has 3 aromatic rings. The van der Waals surface area contributed by atoms with Gasteiger partial charge in [-0.25, -0.2) is 13.4 Å². The van der Waals surface area contributed by atoms with E-state index in [0.29, 0.717) is 17.3 Å². The molecule has 2 heterocycles. The van der Waals surface area contributed by atoms with Gasteiger partial charge in [-0.2, -0.15) is 4.98 Å². The molecular weight excluding hydrogens is 316 g/mol. The Morgan fingerprint density at radius 3 is 2.35 bits per heavy atom. The van der Waals surface area contributed by atoms with Gasteiger partial charge in [-0.3, -0.25) is 4.72 Å². The fourth-order valence-corrected chi connectivity index (χ4v) is 2.93. The highest BCUT2D eigenvalue weighted by molar-refractivity contribution is 7.92. The molecule has 0 spiro atoms. The molecule has 0 bridgehead atoms. The first kappa shape index (κ1) is 15.2. The van der Waals surface area contributed by atoms with Gasteiger partial charge in [0.2, 0.25) is 11.7 Å². The van der Waals surface area contributed by atoms with Gasteiger partial charge in [-0.15, -0.1) is 0 Å². The van der Waals surface area contributed by atoms with Crippen molar-refractivity contribution < 1.29 is 12.9 Å². The lowest BCUT2D eigenvalue weighted by atomic mass is 10.2. The third-order valence-corrected chi connectivity index (χ3v) is 4.49. The second-order valence-corrected chi connectivity index (χ2v) is 6.67. The molecule has 0 saturated heterocycles. The molecule has 1 N–H and O–H groups in total. The summed E-state index contributed by atoms with van der Waals surface area (Å²) in [6, 6.07) is 9.80. The van der Waals surface area contributed by atoms with Crippen LogP contribution in [0.4, 0.5) is 5.82 Å². The quantitative estimate of drug-likeness (QED) is 0.789. The molecule has 0 saturated carbocycles. The lowest BCUT2D eigenvalue weighted by Gasteiger charge is -2.07. The maximum absolute atomic E-state index is 12.3. The van der Waals surface area contributed by atoms with Crippen molar-refractivity contribution >= 4 is 15.8 Å². The summed E-state index contributed by atoms with van der Waals surface area (Å²) in [6.07, 6.45) is 1.48. The third-order valence-electron chi connectivity index (χ3n) is 3.12. The maximum Gasteiger partial charge on any atom is 0.263 e. The number of aryl methyl sites for hydroxylation is 2. The molecular formula is C15H14N4O3S. The predicted octanol–water partition coefficient (Wildman–Crippen LogP) is 2.55. The molecule has 0 amide bonds. The Kier molecular flexibility index (Phi) is 3.83. The van der Waals surface area contributed by atoms with Gasteiger partial charge in [-0.1, -0.05) is 22.9 Å². The molecule has 0 atom stereocenters. The van der Waals surface area contributed by atoms with Crippen LogP contribution in [0.15, 0.2) is 52.0 Å². The van der Waals surface area contributed by atoms with Crippen LogP contribution in [0.5, 0.6) is 0 Å². The predicted molar refractivity (Wildman–Crippen MR) is 84.3 cm³/mol. The van der Waals surface area contributed by atoms with E-state index in [4.69, 9.17) is 4.52 Å². The number of pyridine rings is 1. The molecule has 3 rings (SSSR count). The Morgan fingerprint density at radius 1 is 1.04 bits per heavy atom. The number of hydrogen-bond donors (Lipinski definition) is 1. The smallest absolute Gasteiger partial charge is 0.263 e. The fourth-order valence-electron chi connectivity index (χ4n) is 1.92. The maximum atomic E-state index is 12.3. The minimum absolute atomic E-state index is 0.183. The lowest BCUT2D eigenvalue weighted by molar-refractivity contribution is 0.394. The van der Waals surface area contributed by atoms with Crippen LogP contribution >= 0.6 is 0 Å². The van der Waals surface area contributed by atoms with Crippen molar-refractivity contribution in [3.8, 4) is 11.4 Å². The van der Waals surface area contributed by atoms with Gasteiger partial charge in [-0.05, 0) is 31.2 Å². The van der Waals surface area contributed by atoms with Gasteiger partial charge >= 0.3 is 0 Å². The van der Waals surface area contributed by atoms with E-state index in [1.165, 1.54) is 6.20 Å². The number of rotatable bonds is 4. The van der Waals surface area contributed by atoms with Crippen LogP contribution in [-0.2, 0) is 10.0 Å². The molecule has 0 aliphatic heterocycles. The van der Waals surface area contributed by atoms with Crippen molar-refractivity contribution in [3.63, 3.8) is 0 Å². The van der Waals surface area contributed by atoms with E-state index in [0.717, 1.165) is 5.56 Å². The third kappa shape index (κ3) is 3.37. The summed E-state index contributed by atoms with van der Waals surface area (Å²) in [5, 5.41) is 3.78. The lowest BCUT2D eigenvalue weighted by Crippen LogP contribution is -2.13. The highest BCUT2D eigenvalue weighted by Gasteiger charge is 2.15. The minimum Gasteiger partial charge on any atom is -0.339 e. The van der Waals surface area contributed by atoms with Gasteiger partial charge in [0, 0.05) is 18.7 Å². The molecule has 0 aliphatic carbocycles. The Morgan fingerprint density at radius 2 is 1.78 bits per heavy atom. The van der Waals surface area contributed by atoms with E-state index >= 15 is 0 Å². The number of hydrogen-bond acceptors (Lipinski definition) is 6. The summed E-state index contributed by atoms with van der Waals surface area (Å²) >= 11 is 0. The number of nitrogens with zero attached hydrogens (tertiary/aromatic N) is 3. The van der Waals surface area contributed by atoms with Crippen molar-refractivity contribution in [2.45, 2.75) is 18.7 Å². The summed E-state index contributed by atoms with van der Waals surface area (Å²) in [4.78, 5) is 8.35. The van der Waals surface area contributed by atoms with Gasteiger partial charge in [0.1, 0.15) is 5.82 Å². The Labute approximate surface area is 133 Å². The van der Waals surface area contributed by atoms with Crippen LogP contribution in [0.1, 0.15) is 11.5 Å². The first-order valence-corrected chi connectivity index (χ1v) is 8.28. The summed E-state index contributed by atoms with van der Waals surface area (Å²) in [5.41, 5.74) is 1.63. The van der Waals surface area contributed by atoms with E-state index in [1.54, 1.807) is 43.3 Å². The molecule has 0 aliphatic rings. The topological polar surface area (TPSA) is 98.0 Å². The van der Waals surface area contributed by atoms with Crippen molar-refractivity contribution in [1.82, 2.24) is 15.1 Å². The van der Waals surface area contributed by atoms with Gasteiger partial charge < -0.3 is 4.52 Å².